The predicted octanol–water partition coefficient (Wildman–Crippen LogP) is 3.53. The Hall–Kier alpha value is -3.45. The van der Waals surface area contributed by atoms with Gasteiger partial charge in [-0.15, -0.1) is 0 Å². The number of aromatic nitrogens is 2. The van der Waals surface area contributed by atoms with E-state index in [9.17, 15) is 0 Å². The maximum atomic E-state index is 6.41. The molecule has 1 aliphatic heterocycles. The molecule has 0 fully saturated rings. The highest BCUT2D eigenvalue weighted by Gasteiger charge is 2.26. The molecular weight excluding hydrogens is 386 g/mol. The zero-order valence-corrected chi connectivity index (χ0v) is 18.6. The first-order valence-electron chi connectivity index (χ1n) is 10.5. The van der Waals surface area contributed by atoms with Crippen LogP contribution in [-0.4, -0.2) is 35.4 Å². The number of nitrogens with one attached hydrogen (secondary N) is 1. The normalized spacial score (nSPS) is 17.7. The first kappa shape index (κ1) is 20.8. The molecule has 7 heteroatoms. The Balaban J connectivity index is 1.80. The van der Waals surface area contributed by atoms with Crippen molar-refractivity contribution in [3.8, 4) is 11.1 Å². The van der Waals surface area contributed by atoms with Crippen LogP contribution in [0.5, 0.6) is 0 Å². The molecular formula is C24H31N7. The Kier molecular flexibility index (Phi) is 5.61. The quantitative estimate of drug-likeness (QED) is 0.563. The van der Waals surface area contributed by atoms with Gasteiger partial charge in [0.2, 0.25) is 0 Å². The van der Waals surface area contributed by atoms with Crippen LogP contribution in [0.3, 0.4) is 0 Å². The van der Waals surface area contributed by atoms with E-state index < -0.39 is 0 Å². The summed E-state index contributed by atoms with van der Waals surface area (Å²) in [6.07, 6.45) is 4.77. The molecule has 0 amide bonds. The molecule has 0 spiro atoms. The van der Waals surface area contributed by atoms with E-state index in [0.717, 1.165) is 40.2 Å². The molecule has 1 unspecified atom stereocenters. The van der Waals surface area contributed by atoms with Crippen molar-refractivity contribution in [3.05, 3.63) is 71.7 Å². The lowest BCUT2D eigenvalue weighted by Crippen LogP contribution is -2.31. The minimum Gasteiger partial charge on any atom is -0.401 e. The standard InChI is InChI=1S/C24H31N7/c1-16(25)24-21-9-8-17(18-14-27-30(4)15-18)12-22(21)23(10-11-31(24)26)28-19-6-5-7-20(13-19)29(2)3/h5-9,12-15,23,28H,10-11,25-26H2,1-4H3/b24-16-. The molecule has 1 aromatic heterocycles. The third kappa shape index (κ3) is 4.22. The SMILES string of the molecule is C/C(N)=C1\c2ccc(-c3cnn(C)c3)cc2C(Nc2cccc(N(C)C)c2)CCN1N. The summed E-state index contributed by atoms with van der Waals surface area (Å²) in [5.41, 5.74) is 14.6. The van der Waals surface area contributed by atoms with Crippen LogP contribution >= 0.6 is 0 Å². The molecule has 2 heterocycles. The summed E-state index contributed by atoms with van der Waals surface area (Å²) in [6, 6.07) is 15.0. The van der Waals surface area contributed by atoms with Crippen LogP contribution < -0.4 is 21.8 Å². The number of allylic oxidation sites excluding steroid dienone is 1. The molecule has 0 bridgehead atoms. The molecule has 7 nitrogen and oxygen atoms in total. The van der Waals surface area contributed by atoms with Gasteiger partial charge in [0.25, 0.3) is 0 Å². The Bertz CT molecular complexity index is 1110. The number of hydrogen-bond donors (Lipinski definition) is 3. The van der Waals surface area contributed by atoms with Crippen molar-refractivity contribution < 1.29 is 0 Å². The van der Waals surface area contributed by atoms with E-state index >= 15 is 0 Å². The van der Waals surface area contributed by atoms with Gasteiger partial charge in [-0.05, 0) is 48.7 Å². The van der Waals surface area contributed by atoms with E-state index in [0.29, 0.717) is 12.2 Å². The first-order valence-corrected chi connectivity index (χ1v) is 10.5. The Labute approximate surface area is 183 Å². The molecule has 0 saturated carbocycles. The van der Waals surface area contributed by atoms with Gasteiger partial charge in [-0.25, -0.2) is 5.84 Å². The monoisotopic (exact) mass is 417 g/mol. The summed E-state index contributed by atoms with van der Waals surface area (Å²) in [7, 11) is 6.03. The zero-order chi connectivity index (χ0) is 22.1. The second kappa shape index (κ2) is 8.35. The van der Waals surface area contributed by atoms with Crippen molar-refractivity contribution in [3.63, 3.8) is 0 Å². The molecule has 4 rings (SSSR count). The highest BCUT2D eigenvalue weighted by atomic mass is 15.4. The molecule has 31 heavy (non-hydrogen) atoms. The lowest BCUT2D eigenvalue weighted by atomic mass is 9.93. The number of fused-ring (bicyclic) bond motifs is 1. The molecule has 162 valence electrons. The fourth-order valence-corrected chi connectivity index (χ4v) is 4.17. The van der Waals surface area contributed by atoms with Crippen LogP contribution in [0.15, 0.2) is 60.6 Å². The van der Waals surface area contributed by atoms with Gasteiger partial charge >= 0.3 is 0 Å². The largest absolute Gasteiger partial charge is 0.401 e. The van der Waals surface area contributed by atoms with Gasteiger partial charge in [0.1, 0.15) is 0 Å². The van der Waals surface area contributed by atoms with Gasteiger partial charge in [0, 0.05) is 62.1 Å². The molecule has 3 aromatic rings. The molecule has 0 saturated heterocycles. The van der Waals surface area contributed by atoms with Crippen LogP contribution in [0.1, 0.15) is 30.5 Å². The summed E-state index contributed by atoms with van der Waals surface area (Å²) in [5.74, 6) is 6.41. The Morgan fingerprint density at radius 3 is 2.65 bits per heavy atom. The number of anilines is 2. The number of nitrogens with two attached hydrogens (primary N) is 2. The molecule has 1 atom stereocenters. The van der Waals surface area contributed by atoms with Crippen LogP contribution in [0, 0.1) is 0 Å². The Morgan fingerprint density at radius 2 is 1.97 bits per heavy atom. The second-order valence-electron chi connectivity index (χ2n) is 8.36. The fourth-order valence-electron chi connectivity index (χ4n) is 4.17. The lowest BCUT2D eigenvalue weighted by Gasteiger charge is -2.23. The first-order chi connectivity index (χ1) is 14.8. The second-order valence-corrected chi connectivity index (χ2v) is 8.36. The van der Waals surface area contributed by atoms with Gasteiger partial charge in [-0.2, -0.15) is 5.10 Å². The zero-order valence-electron chi connectivity index (χ0n) is 18.6. The van der Waals surface area contributed by atoms with E-state index in [-0.39, 0.29) is 6.04 Å². The van der Waals surface area contributed by atoms with Gasteiger partial charge < -0.3 is 21.0 Å². The van der Waals surface area contributed by atoms with E-state index in [1.807, 2.05) is 45.1 Å². The molecule has 2 aromatic carbocycles. The average molecular weight is 418 g/mol. The van der Waals surface area contributed by atoms with Gasteiger partial charge in [0.15, 0.2) is 0 Å². The van der Waals surface area contributed by atoms with Gasteiger partial charge in [-0.3, -0.25) is 4.68 Å². The topological polar surface area (TPSA) is 88.4 Å². The number of benzene rings is 2. The summed E-state index contributed by atoms with van der Waals surface area (Å²) in [4.78, 5) is 2.10. The van der Waals surface area contributed by atoms with Crippen molar-refractivity contribution >= 4 is 17.1 Å². The number of aryl methyl sites for hydroxylation is 1. The molecule has 1 aliphatic rings. The summed E-state index contributed by atoms with van der Waals surface area (Å²) < 4.78 is 1.82. The third-order valence-corrected chi connectivity index (χ3v) is 5.74. The molecule has 0 aliphatic carbocycles. The van der Waals surface area contributed by atoms with Crippen molar-refractivity contribution in [2.45, 2.75) is 19.4 Å². The van der Waals surface area contributed by atoms with Gasteiger partial charge in [-0.1, -0.05) is 18.2 Å². The van der Waals surface area contributed by atoms with Crippen LogP contribution in [0.2, 0.25) is 0 Å². The average Bonchev–Trinajstić information content (AvgIpc) is 3.12. The Morgan fingerprint density at radius 1 is 1.16 bits per heavy atom. The van der Waals surface area contributed by atoms with Crippen LogP contribution in [-0.2, 0) is 7.05 Å². The maximum Gasteiger partial charge on any atom is 0.0777 e. The maximum absolute atomic E-state index is 6.41. The van der Waals surface area contributed by atoms with Crippen LogP contribution in [0.4, 0.5) is 11.4 Å². The van der Waals surface area contributed by atoms with E-state index in [2.05, 4.69) is 57.8 Å². The van der Waals surface area contributed by atoms with E-state index in [1.165, 1.54) is 5.56 Å². The summed E-state index contributed by atoms with van der Waals surface area (Å²) in [6.45, 7) is 2.61. The highest BCUT2D eigenvalue weighted by Crippen LogP contribution is 2.37. The number of hydrazine groups is 1. The number of rotatable bonds is 4. The minimum absolute atomic E-state index is 0.0898. The van der Waals surface area contributed by atoms with Gasteiger partial charge in [0.05, 0.1) is 17.9 Å². The smallest absolute Gasteiger partial charge is 0.0777 e. The van der Waals surface area contributed by atoms with Crippen LogP contribution in [0.25, 0.3) is 16.8 Å². The van der Waals surface area contributed by atoms with Crippen molar-refractivity contribution in [2.75, 3.05) is 30.9 Å². The minimum atomic E-state index is 0.0898. The lowest BCUT2D eigenvalue weighted by molar-refractivity contribution is 0.402. The number of hydrogen-bond acceptors (Lipinski definition) is 6. The molecule has 5 N–H and O–H groups in total. The molecule has 0 radical (unpaired) electrons. The predicted molar refractivity (Wildman–Crippen MR) is 128 cm³/mol. The number of nitrogens with zero attached hydrogens (tertiary/aromatic N) is 4. The van der Waals surface area contributed by atoms with Crippen molar-refractivity contribution in [1.82, 2.24) is 14.8 Å². The van der Waals surface area contributed by atoms with E-state index in [4.69, 9.17) is 11.6 Å². The third-order valence-electron chi connectivity index (χ3n) is 5.74. The summed E-state index contributed by atoms with van der Waals surface area (Å²) >= 11 is 0. The van der Waals surface area contributed by atoms with E-state index in [1.54, 1.807) is 5.01 Å². The van der Waals surface area contributed by atoms with Crippen molar-refractivity contribution in [2.24, 2.45) is 18.6 Å². The van der Waals surface area contributed by atoms with Crippen molar-refractivity contribution in [1.29, 1.82) is 0 Å². The fraction of sp³-hybridized carbons (Fsp3) is 0.292. The summed E-state index contributed by atoms with van der Waals surface area (Å²) in [5, 5.41) is 9.85. The highest BCUT2D eigenvalue weighted by molar-refractivity contribution is 5.75.